The first-order valence-corrected chi connectivity index (χ1v) is 6.95. The molecule has 1 aliphatic carbocycles. The van der Waals surface area contributed by atoms with Gasteiger partial charge in [-0.25, -0.2) is 9.67 Å². The summed E-state index contributed by atoms with van der Waals surface area (Å²) >= 11 is 0. The number of nitrogens with zero attached hydrogens (tertiary/aromatic N) is 3. The Morgan fingerprint density at radius 2 is 2.42 bits per heavy atom. The topological polar surface area (TPSA) is 85.8 Å². The number of carbonyl (C=O) groups is 1. The van der Waals surface area contributed by atoms with Gasteiger partial charge in [-0.15, -0.1) is 0 Å². The smallest absolute Gasteiger partial charge is 0.245 e. The predicted octanol–water partition coefficient (Wildman–Crippen LogP) is 0.863. The Hall–Kier alpha value is -1.43. The molecule has 6 nitrogen and oxygen atoms in total. The second-order valence-electron chi connectivity index (χ2n) is 5.55. The summed E-state index contributed by atoms with van der Waals surface area (Å²) in [5.41, 5.74) is 5.69. The molecule has 3 N–H and O–H groups in total. The van der Waals surface area contributed by atoms with Crippen molar-refractivity contribution in [2.75, 3.05) is 6.54 Å². The maximum absolute atomic E-state index is 12.4. The normalized spacial score (nSPS) is 28.9. The van der Waals surface area contributed by atoms with Crippen LogP contribution < -0.4 is 11.1 Å². The number of carbonyl (C=O) groups excluding carboxylic acids is 1. The third-order valence-electron chi connectivity index (χ3n) is 4.40. The lowest BCUT2D eigenvalue weighted by molar-refractivity contribution is -0.127. The van der Waals surface area contributed by atoms with Crippen molar-refractivity contribution in [2.45, 2.75) is 51.1 Å². The number of amides is 1. The maximum Gasteiger partial charge on any atom is 0.245 e. The van der Waals surface area contributed by atoms with Gasteiger partial charge < -0.3 is 11.1 Å². The van der Waals surface area contributed by atoms with Crippen molar-refractivity contribution in [3.05, 3.63) is 12.7 Å². The molecule has 1 aromatic heterocycles. The lowest BCUT2D eigenvalue weighted by Gasteiger charge is -2.43. The van der Waals surface area contributed by atoms with E-state index in [1.807, 2.05) is 6.92 Å². The fraction of sp³-hybridized carbons (Fsp3) is 0.769. The van der Waals surface area contributed by atoms with Gasteiger partial charge in [-0.05, 0) is 25.7 Å². The molecule has 1 aliphatic rings. The van der Waals surface area contributed by atoms with Crippen LogP contribution >= 0.6 is 0 Å². The lowest BCUT2D eigenvalue weighted by Crippen LogP contribution is -2.60. The summed E-state index contributed by atoms with van der Waals surface area (Å²) in [4.78, 5) is 16.2. The highest BCUT2D eigenvalue weighted by atomic mass is 16.2. The molecule has 106 valence electrons. The average molecular weight is 265 g/mol. The molecule has 19 heavy (non-hydrogen) atoms. The quantitative estimate of drug-likeness (QED) is 0.845. The number of aromatic nitrogens is 3. The molecular formula is C13H23N5O. The fourth-order valence-corrected chi connectivity index (χ4v) is 2.84. The van der Waals surface area contributed by atoms with E-state index in [0.29, 0.717) is 12.5 Å². The van der Waals surface area contributed by atoms with Crippen LogP contribution in [0.25, 0.3) is 0 Å². The molecule has 3 atom stereocenters. The summed E-state index contributed by atoms with van der Waals surface area (Å²) in [5, 5.41) is 7.18. The minimum Gasteiger partial charge on any atom is -0.347 e. The van der Waals surface area contributed by atoms with Gasteiger partial charge in [-0.2, -0.15) is 5.10 Å². The lowest BCUT2D eigenvalue weighted by atomic mass is 9.73. The Kier molecular flexibility index (Phi) is 4.19. The first-order valence-electron chi connectivity index (χ1n) is 6.95. The number of hydrogen-bond acceptors (Lipinski definition) is 4. The number of nitrogens with one attached hydrogen (secondary N) is 1. The van der Waals surface area contributed by atoms with E-state index >= 15 is 0 Å². The number of rotatable bonds is 4. The van der Waals surface area contributed by atoms with Crippen molar-refractivity contribution in [3.63, 3.8) is 0 Å². The van der Waals surface area contributed by atoms with E-state index in [0.717, 1.165) is 19.3 Å². The van der Waals surface area contributed by atoms with Crippen molar-refractivity contribution in [2.24, 2.45) is 11.7 Å². The Bertz CT molecular complexity index is 419. The monoisotopic (exact) mass is 265 g/mol. The molecule has 0 spiro atoms. The molecule has 1 saturated carbocycles. The van der Waals surface area contributed by atoms with Crippen LogP contribution in [0.4, 0.5) is 0 Å². The predicted molar refractivity (Wildman–Crippen MR) is 72.3 cm³/mol. The zero-order chi connectivity index (χ0) is 13.9. The van der Waals surface area contributed by atoms with Gasteiger partial charge in [0.2, 0.25) is 5.91 Å². The van der Waals surface area contributed by atoms with Crippen LogP contribution in [0.1, 0.15) is 45.6 Å². The summed E-state index contributed by atoms with van der Waals surface area (Å²) in [6.45, 7) is 4.48. The average Bonchev–Trinajstić information content (AvgIpc) is 2.94. The van der Waals surface area contributed by atoms with Gasteiger partial charge >= 0.3 is 0 Å². The first-order chi connectivity index (χ1) is 9.09. The van der Waals surface area contributed by atoms with Gasteiger partial charge in [0.15, 0.2) is 0 Å². The Morgan fingerprint density at radius 1 is 1.63 bits per heavy atom. The molecular weight excluding hydrogens is 242 g/mol. The Balaban J connectivity index is 2.07. The Labute approximate surface area is 113 Å². The van der Waals surface area contributed by atoms with Crippen molar-refractivity contribution in [1.29, 1.82) is 0 Å². The molecule has 0 aromatic carbocycles. The van der Waals surface area contributed by atoms with E-state index in [1.165, 1.54) is 12.7 Å². The number of nitrogens with two attached hydrogens (primary N) is 1. The van der Waals surface area contributed by atoms with Crippen LogP contribution in [0.3, 0.4) is 0 Å². The zero-order valence-electron chi connectivity index (χ0n) is 11.7. The van der Waals surface area contributed by atoms with Crippen molar-refractivity contribution < 1.29 is 4.79 Å². The molecule has 0 radical (unpaired) electrons. The second kappa shape index (κ2) is 5.69. The van der Waals surface area contributed by atoms with Crippen molar-refractivity contribution in [3.8, 4) is 0 Å². The molecule has 0 bridgehead atoms. The summed E-state index contributed by atoms with van der Waals surface area (Å²) in [5.74, 6) is 0.378. The van der Waals surface area contributed by atoms with Crippen molar-refractivity contribution in [1.82, 2.24) is 20.1 Å². The van der Waals surface area contributed by atoms with Gasteiger partial charge in [0.05, 0.1) is 5.54 Å². The third-order valence-corrected chi connectivity index (χ3v) is 4.40. The molecule has 0 saturated heterocycles. The van der Waals surface area contributed by atoms with E-state index in [9.17, 15) is 4.79 Å². The van der Waals surface area contributed by atoms with Crippen LogP contribution in [0.5, 0.6) is 0 Å². The Morgan fingerprint density at radius 3 is 3.00 bits per heavy atom. The minimum absolute atomic E-state index is 0.0373. The summed E-state index contributed by atoms with van der Waals surface area (Å²) < 4.78 is 1.56. The molecule has 2 rings (SSSR count). The van der Waals surface area contributed by atoms with Crippen LogP contribution in [0.2, 0.25) is 0 Å². The largest absolute Gasteiger partial charge is 0.347 e. The van der Waals surface area contributed by atoms with Crippen LogP contribution in [-0.4, -0.2) is 32.8 Å². The molecule has 1 heterocycles. The van der Waals surface area contributed by atoms with Gasteiger partial charge in [-0.1, -0.05) is 19.8 Å². The molecule has 0 aliphatic heterocycles. The van der Waals surface area contributed by atoms with Crippen molar-refractivity contribution >= 4 is 5.91 Å². The zero-order valence-corrected chi connectivity index (χ0v) is 11.7. The van der Waals surface area contributed by atoms with Gasteiger partial charge in [0.1, 0.15) is 18.7 Å². The molecule has 3 unspecified atom stereocenters. The van der Waals surface area contributed by atoms with E-state index in [1.54, 1.807) is 11.0 Å². The van der Waals surface area contributed by atoms with E-state index in [-0.39, 0.29) is 17.5 Å². The number of hydrogen-bond donors (Lipinski definition) is 2. The summed E-state index contributed by atoms with van der Waals surface area (Å²) in [6, 6.07) is -0.361. The second-order valence-corrected chi connectivity index (χ2v) is 5.55. The van der Waals surface area contributed by atoms with Gasteiger partial charge in [-0.3, -0.25) is 4.79 Å². The fourth-order valence-electron chi connectivity index (χ4n) is 2.84. The first kappa shape index (κ1) is 14.0. The minimum atomic E-state index is -0.361. The molecule has 1 amide bonds. The molecule has 1 aromatic rings. The van der Waals surface area contributed by atoms with Crippen LogP contribution in [0.15, 0.2) is 12.7 Å². The standard InChI is InChI=1S/C13H23N5O/c1-10-5-3-4-6-13(10,7-14)17-12(19)11(2)18-9-15-8-16-18/h8-11H,3-7,14H2,1-2H3,(H,17,19). The molecule has 1 fully saturated rings. The summed E-state index contributed by atoms with van der Waals surface area (Å²) in [7, 11) is 0. The highest BCUT2D eigenvalue weighted by Crippen LogP contribution is 2.33. The maximum atomic E-state index is 12.4. The highest BCUT2D eigenvalue weighted by Gasteiger charge is 2.39. The van der Waals surface area contributed by atoms with E-state index < -0.39 is 0 Å². The van der Waals surface area contributed by atoms with Crippen LogP contribution in [-0.2, 0) is 4.79 Å². The SMILES string of the molecule is CC(C(=O)NC1(CN)CCCCC1C)n1cncn1. The van der Waals surface area contributed by atoms with Gasteiger partial charge in [0, 0.05) is 6.54 Å². The van der Waals surface area contributed by atoms with Crippen LogP contribution in [0, 0.1) is 5.92 Å². The van der Waals surface area contributed by atoms with E-state index in [2.05, 4.69) is 22.3 Å². The van der Waals surface area contributed by atoms with Gasteiger partial charge in [0.25, 0.3) is 0 Å². The van der Waals surface area contributed by atoms with E-state index in [4.69, 9.17) is 5.73 Å². The highest BCUT2D eigenvalue weighted by molar-refractivity contribution is 5.80. The summed E-state index contributed by atoms with van der Waals surface area (Å²) in [6.07, 6.45) is 7.42. The third kappa shape index (κ3) is 2.78. The molecule has 6 heteroatoms.